The number of benzene rings is 2. The van der Waals surface area contributed by atoms with Crippen LogP contribution >= 0.6 is 0 Å². The van der Waals surface area contributed by atoms with Crippen LogP contribution in [0.5, 0.6) is 0 Å². The molecule has 0 bridgehead atoms. The lowest BCUT2D eigenvalue weighted by Gasteiger charge is -2.14. The summed E-state index contributed by atoms with van der Waals surface area (Å²) in [6, 6.07) is 16.3. The Kier molecular flexibility index (Phi) is 5.02. The molecule has 0 aliphatic carbocycles. The van der Waals surface area contributed by atoms with Crippen molar-refractivity contribution in [1.29, 1.82) is 0 Å². The van der Waals surface area contributed by atoms with Crippen LogP contribution in [0.4, 0.5) is 11.4 Å². The molecule has 0 heterocycles. The molecule has 2 aromatic rings. The van der Waals surface area contributed by atoms with Crippen molar-refractivity contribution in [3.63, 3.8) is 0 Å². The molecule has 2 aromatic carbocycles. The lowest BCUT2D eigenvalue weighted by molar-refractivity contribution is 0.201. The van der Waals surface area contributed by atoms with E-state index in [-0.39, 0.29) is 0 Å². The number of aliphatic hydroxyl groups excluding tert-OH is 1. The summed E-state index contributed by atoms with van der Waals surface area (Å²) in [5.41, 5.74) is 4.53. The third-order valence-corrected chi connectivity index (χ3v) is 3.19. The molecule has 2 rings (SSSR count). The molecule has 0 aromatic heterocycles. The minimum atomic E-state index is -0.433. The number of hydrogen-bond donors (Lipinski definition) is 3. The van der Waals surface area contributed by atoms with Gasteiger partial charge in [0, 0.05) is 24.5 Å². The summed E-state index contributed by atoms with van der Waals surface area (Å²) in [5, 5.41) is 16.4. The Balaban J connectivity index is 1.73. The second kappa shape index (κ2) is 6.96. The summed E-state index contributed by atoms with van der Waals surface area (Å²) in [6.45, 7) is 5.18. The van der Waals surface area contributed by atoms with Crippen LogP contribution in [0.15, 0.2) is 48.5 Å². The molecule has 3 N–H and O–H groups in total. The van der Waals surface area contributed by atoms with Gasteiger partial charge < -0.3 is 15.7 Å². The molecule has 106 valence electrons. The first kappa shape index (κ1) is 14.4. The fourth-order valence-electron chi connectivity index (χ4n) is 1.89. The van der Waals surface area contributed by atoms with Gasteiger partial charge in [-0.2, -0.15) is 0 Å². The lowest BCUT2D eigenvalue weighted by Crippen LogP contribution is -2.27. The Morgan fingerprint density at radius 3 is 1.45 bits per heavy atom. The van der Waals surface area contributed by atoms with Crippen molar-refractivity contribution in [2.75, 3.05) is 23.7 Å². The van der Waals surface area contributed by atoms with Crippen molar-refractivity contribution in [3.8, 4) is 0 Å². The zero-order valence-electron chi connectivity index (χ0n) is 12.1. The summed E-state index contributed by atoms with van der Waals surface area (Å²) in [6.07, 6.45) is -0.433. The maximum absolute atomic E-state index is 9.96. The van der Waals surface area contributed by atoms with E-state index in [1.807, 2.05) is 24.3 Å². The van der Waals surface area contributed by atoms with E-state index in [9.17, 15) is 5.11 Å². The molecule has 0 saturated heterocycles. The van der Waals surface area contributed by atoms with Gasteiger partial charge in [0.1, 0.15) is 0 Å². The van der Waals surface area contributed by atoms with Crippen molar-refractivity contribution in [2.45, 2.75) is 20.0 Å². The zero-order valence-corrected chi connectivity index (χ0v) is 12.1. The van der Waals surface area contributed by atoms with Gasteiger partial charge in [-0.15, -0.1) is 0 Å². The summed E-state index contributed by atoms with van der Waals surface area (Å²) >= 11 is 0. The van der Waals surface area contributed by atoms with E-state index in [2.05, 4.69) is 48.7 Å². The fraction of sp³-hybridized carbons (Fsp3) is 0.294. The smallest absolute Gasteiger partial charge is 0.0884 e. The molecule has 3 heteroatoms. The summed E-state index contributed by atoms with van der Waals surface area (Å²) < 4.78 is 0. The topological polar surface area (TPSA) is 44.3 Å². The highest BCUT2D eigenvalue weighted by molar-refractivity contribution is 5.45. The molecule has 0 amide bonds. The first-order valence-electron chi connectivity index (χ1n) is 6.92. The van der Waals surface area contributed by atoms with Crippen LogP contribution in [-0.2, 0) is 0 Å². The van der Waals surface area contributed by atoms with E-state index < -0.39 is 6.10 Å². The number of aliphatic hydroxyl groups is 1. The van der Waals surface area contributed by atoms with Crippen molar-refractivity contribution >= 4 is 11.4 Å². The monoisotopic (exact) mass is 270 g/mol. The maximum atomic E-state index is 9.96. The maximum Gasteiger partial charge on any atom is 0.0884 e. The van der Waals surface area contributed by atoms with Crippen LogP contribution < -0.4 is 10.6 Å². The summed E-state index contributed by atoms with van der Waals surface area (Å²) in [5.74, 6) is 0. The Morgan fingerprint density at radius 1 is 0.750 bits per heavy atom. The van der Waals surface area contributed by atoms with Gasteiger partial charge in [0.2, 0.25) is 0 Å². The average molecular weight is 270 g/mol. The van der Waals surface area contributed by atoms with Gasteiger partial charge in [-0.1, -0.05) is 35.4 Å². The molecule has 0 spiro atoms. The summed E-state index contributed by atoms with van der Waals surface area (Å²) in [4.78, 5) is 0. The van der Waals surface area contributed by atoms with Gasteiger partial charge in [0.15, 0.2) is 0 Å². The molecule has 20 heavy (non-hydrogen) atoms. The second-order valence-corrected chi connectivity index (χ2v) is 5.15. The quantitative estimate of drug-likeness (QED) is 0.755. The van der Waals surface area contributed by atoms with Crippen molar-refractivity contribution in [2.24, 2.45) is 0 Å². The Bertz CT molecular complexity index is 470. The Hall–Kier alpha value is -2.00. The standard InChI is InChI=1S/C17H22N2O/c1-13-3-7-15(8-4-13)18-11-17(20)12-19-16-9-5-14(2)6-10-16/h3-10,17-20H,11-12H2,1-2H3. The van der Waals surface area contributed by atoms with E-state index in [0.29, 0.717) is 13.1 Å². The highest BCUT2D eigenvalue weighted by atomic mass is 16.3. The van der Waals surface area contributed by atoms with Crippen molar-refractivity contribution in [3.05, 3.63) is 59.7 Å². The van der Waals surface area contributed by atoms with Crippen LogP contribution in [0.2, 0.25) is 0 Å². The largest absolute Gasteiger partial charge is 0.389 e. The normalized spacial score (nSPS) is 10.6. The zero-order chi connectivity index (χ0) is 14.4. The minimum Gasteiger partial charge on any atom is -0.389 e. The van der Waals surface area contributed by atoms with E-state index in [1.54, 1.807) is 0 Å². The number of hydrogen-bond acceptors (Lipinski definition) is 3. The highest BCUT2D eigenvalue weighted by Crippen LogP contribution is 2.10. The van der Waals surface area contributed by atoms with E-state index >= 15 is 0 Å². The number of rotatable bonds is 6. The SMILES string of the molecule is Cc1ccc(NCC(O)CNc2ccc(C)cc2)cc1. The molecular weight excluding hydrogens is 248 g/mol. The third-order valence-electron chi connectivity index (χ3n) is 3.19. The van der Waals surface area contributed by atoms with E-state index in [0.717, 1.165) is 11.4 Å². The molecule has 0 fully saturated rings. The molecular formula is C17H22N2O. The van der Waals surface area contributed by atoms with E-state index in [1.165, 1.54) is 11.1 Å². The van der Waals surface area contributed by atoms with Crippen LogP contribution in [0.1, 0.15) is 11.1 Å². The molecule has 0 radical (unpaired) electrons. The molecule has 0 unspecified atom stereocenters. The predicted octanol–water partition coefficient (Wildman–Crippen LogP) is 3.19. The molecule has 0 aliphatic heterocycles. The van der Waals surface area contributed by atoms with Crippen LogP contribution in [0, 0.1) is 13.8 Å². The van der Waals surface area contributed by atoms with Gasteiger partial charge >= 0.3 is 0 Å². The number of anilines is 2. The van der Waals surface area contributed by atoms with Crippen LogP contribution in [-0.4, -0.2) is 24.3 Å². The van der Waals surface area contributed by atoms with Gasteiger partial charge in [-0.05, 0) is 38.1 Å². The third kappa shape index (κ3) is 4.59. The molecule has 0 atom stereocenters. The Morgan fingerprint density at radius 2 is 1.10 bits per heavy atom. The van der Waals surface area contributed by atoms with Gasteiger partial charge in [0.25, 0.3) is 0 Å². The molecule has 3 nitrogen and oxygen atoms in total. The van der Waals surface area contributed by atoms with Gasteiger partial charge in [-0.3, -0.25) is 0 Å². The van der Waals surface area contributed by atoms with Gasteiger partial charge in [-0.25, -0.2) is 0 Å². The van der Waals surface area contributed by atoms with Crippen LogP contribution in [0.25, 0.3) is 0 Å². The van der Waals surface area contributed by atoms with Gasteiger partial charge in [0.05, 0.1) is 6.10 Å². The van der Waals surface area contributed by atoms with E-state index in [4.69, 9.17) is 0 Å². The Labute approximate surface area is 120 Å². The molecule has 0 saturated carbocycles. The van der Waals surface area contributed by atoms with Crippen LogP contribution in [0.3, 0.4) is 0 Å². The predicted molar refractivity (Wildman–Crippen MR) is 85.3 cm³/mol. The molecule has 0 aliphatic rings. The van der Waals surface area contributed by atoms with Crippen molar-refractivity contribution in [1.82, 2.24) is 0 Å². The summed E-state index contributed by atoms with van der Waals surface area (Å²) in [7, 11) is 0. The van der Waals surface area contributed by atoms with Crippen molar-refractivity contribution < 1.29 is 5.11 Å². The minimum absolute atomic E-state index is 0.433. The first-order chi connectivity index (χ1) is 9.63. The average Bonchev–Trinajstić information content (AvgIpc) is 2.46. The highest BCUT2D eigenvalue weighted by Gasteiger charge is 2.03. The number of aryl methyl sites for hydroxylation is 2. The number of nitrogens with one attached hydrogen (secondary N) is 2. The first-order valence-corrected chi connectivity index (χ1v) is 6.92. The second-order valence-electron chi connectivity index (χ2n) is 5.15. The fourth-order valence-corrected chi connectivity index (χ4v) is 1.89. The lowest BCUT2D eigenvalue weighted by atomic mass is 10.2.